The number of thioether (sulfide) groups is 1. The first-order chi connectivity index (χ1) is 8.54. The lowest BCUT2D eigenvalue weighted by molar-refractivity contribution is -0.123. The van der Waals surface area contributed by atoms with Gasteiger partial charge in [-0.25, -0.2) is 0 Å². The number of hydrogen-bond acceptors (Lipinski definition) is 3. The topological polar surface area (TPSA) is 55.1 Å². The molecular formula is C14H22N2OS. The van der Waals surface area contributed by atoms with E-state index in [9.17, 15) is 4.79 Å². The Morgan fingerprint density at radius 1 is 1.39 bits per heavy atom. The van der Waals surface area contributed by atoms with Crippen molar-refractivity contribution in [1.29, 1.82) is 0 Å². The van der Waals surface area contributed by atoms with Gasteiger partial charge in [0.15, 0.2) is 0 Å². The van der Waals surface area contributed by atoms with E-state index >= 15 is 0 Å². The Kier molecular flexibility index (Phi) is 6.22. The van der Waals surface area contributed by atoms with Crippen molar-refractivity contribution in [2.24, 2.45) is 5.73 Å². The van der Waals surface area contributed by atoms with Crippen molar-refractivity contribution < 1.29 is 4.79 Å². The molecule has 0 aliphatic rings. The van der Waals surface area contributed by atoms with Crippen molar-refractivity contribution in [2.45, 2.75) is 32.4 Å². The van der Waals surface area contributed by atoms with Crippen LogP contribution in [0.2, 0.25) is 0 Å². The minimum atomic E-state index is -0.412. The first-order valence-corrected chi connectivity index (χ1v) is 7.55. The van der Waals surface area contributed by atoms with Gasteiger partial charge in [0.1, 0.15) is 0 Å². The molecule has 100 valence electrons. The van der Waals surface area contributed by atoms with Crippen molar-refractivity contribution in [3.63, 3.8) is 0 Å². The highest BCUT2D eigenvalue weighted by Crippen LogP contribution is 2.13. The fourth-order valence-corrected chi connectivity index (χ4v) is 2.12. The van der Waals surface area contributed by atoms with Crippen molar-refractivity contribution in [3.8, 4) is 0 Å². The number of amides is 1. The molecule has 0 heterocycles. The Hall–Kier alpha value is -1.00. The molecule has 0 radical (unpaired) electrons. The van der Waals surface area contributed by atoms with Gasteiger partial charge in [-0.2, -0.15) is 11.8 Å². The summed E-state index contributed by atoms with van der Waals surface area (Å²) in [7, 11) is 0. The summed E-state index contributed by atoms with van der Waals surface area (Å²) >= 11 is 1.70. The standard InChI is InChI=1S/C14H22N2OS/c1-10-4-6-12(7-5-10)11(2)16-14(17)13(15)8-9-18-3/h4-7,11,13H,8-9,15H2,1-3H3,(H,16,17)/t11?,13-/m1/s1. The highest BCUT2D eigenvalue weighted by Gasteiger charge is 2.15. The van der Waals surface area contributed by atoms with Crippen LogP contribution in [0.5, 0.6) is 0 Å². The fourth-order valence-electron chi connectivity index (χ4n) is 1.63. The molecule has 2 atom stereocenters. The summed E-state index contributed by atoms with van der Waals surface area (Å²) in [6.07, 6.45) is 2.73. The Bertz CT molecular complexity index is 378. The van der Waals surface area contributed by atoms with Gasteiger partial charge in [-0.15, -0.1) is 0 Å². The monoisotopic (exact) mass is 266 g/mol. The third-order valence-corrected chi connectivity index (χ3v) is 3.55. The van der Waals surface area contributed by atoms with Gasteiger partial charge in [-0.05, 0) is 37.8 Å². The number of rotatable bonds is 6. The van der Waals surface area contributed by atoms with Crippen LogP contribution in [0.4, 0.5) is 0 Å². The molecule has 0 fully saturated rings. The predicted octanol–water partition coefficient (Wildman–Crippen LogP) is 2.25. The van der Waals surface area contributed by atoms with Crippen LogP contribution in [0.1, 0.15) is 30.5 Å². The van der Waals surface area contributed by atoms with Crippen LogP contribution < -0.4 is 11.1 Å². The summed E-state index contributed by atoms with van der Waals surface area (Å²) in [5.41, 5.74) is 8.15. The van der Waals surface area contributed by atoms with Crippen LogP contribution in [0.25, 0.3) is 0 Å². The lowest BCUT2D eigenvalue weighted by Gasteiger charge is -2.17. The van der Waals surface area contributed by atoms with E-state index in [-0.39, 0.29) is 11.9 Å². The summed E-state index contributed by atoms with van der Waals surface area (Å²) in [4.78, 5) is 11.9. The van der Waals surface area contributed by atoms with Crippen LogP contribution in [0, 0.1) is 6.92 Å². The van der Waals surface area contributed by atoms with Gasteiger partial charge in [-0.1, -0.05) is 29.8 Å². The van der Waals surface area contributed by atoms with Gasteiger partial charge in [-0.3, -0.25) is 4.79 Å². The van der Waals surface area contributed by atoms with Gasteiger partial charge in [0, 0.05) is 0 Å². The van der Waals surface area contributed by atoms with Crippen LogP contribution >= 0.6 is 11.8 Å². The lowest BCUT2D eigenvalue weighted by Crippen LogP contribution is -2.41. The number of hydrogen-bond donors (Lipinski definition) is 2. The number of nitrogens with one attached hydrogen (secondary N) is 1. The van der Waals surface area contributed by atoms with E-state index in [4.69, 9.17) is 5.73 Å². The molecule has 1 unspecified atom stereocenters. The van der Waals surface area contributed by atoms with E-state index in [1.54, 1.807) is 11.8 Å². The number of carbonyl (C=O) groups is 1. The zero-order chi connectivity index (χ0) is 13.5. The van der Waals surface area contributed by atoms with Gasteiger partial charge in [0.05, 0.1) is 12.1 Å². The molecule has 0 aliphatic heterocycles. The first-order valence-electron chi connectivity index (χ1n) is 6.16. The van der Waals surface area contributed by atoms with Crippen molar-refractivity contribution in [1.82, 2.24) is 5.32 Å². The Labute approximate surface area is 114 Å². The Balaban J connectivity index is 2.51. The minimum absolute atomic E-state index is 0.00145. The van der Waals surface area contributed by atoms with Crippen molar-refractivity contribution in [3.05, 3.63) is 35.4 Å². The van der Waals surface area contributed by atoms with Crippen LogP contribution in [0.3, 0.4) is 0 Å². The van der Waals surface area contributed by atoms with Gasteiger partial charge in [0.2, 0.25) is 5.91 Å². The lowest BCUT2D eigenvalue weighted by atomic mass is 10.1. The van der Waals surface area contributed by atoms with E-state index in [0.717, 1.165) is 11.3 Å². The molecule has 0 spiro atoms. The average Bonchev–Trinajstić information content (AvgIpc) is 2.36. The largest absolute Gasteiger partial charge is 0.348 e. The highest BCUT2D eigenvalue weighted by molar-refractivity contribution is 7.98. The van der Waals surface area contributed by atoms with Crippen molar-refractivity contribution in [2.75, 3.05) is 12.0 Å². The number of carbonyl (C=O) groups excluding carboxylic acids is 1. The zero-order valence-corrected chi connectivity index (χ0v) is 12.1. The molecule has 0 aromatic heterocycles. The van der Waals surface area contributed by atoms with Gasteiger partial charge in [0.25, 0.3) is 0 Å². The molecule has 1 amide bonds. The van der Waals surface area contributed by atoms with E-state index < -0.39 is 6.04 Å². The van der Waals surface area contributed by atoms with E-state index in [1.165, 1.54) is 5.56 Å². The summed E-state index contributed by atoms with van der Waals surface area (Å²) in [5.74, 6) is 0.838. The van der Waals surface area contributed by atoms with Gasteiger partial charge >= 0.3 is 0 Å². The SMILES string of the molecule is CSCC[C@@H](N)C(=O)NC(C)c1ccc(C)cc1. The number of benzene rings is 1. The number of aryl methyl sites for hydroxylation is 1. The molecule has 0 saturated carbocycles. The molecule has 18 heavy (non-hydrogen) atoms. The summed E-state index contributed by atoms with van der Waals surface area (Å²) in [6.45, 7) is 4.02. The molecule has 0 aliphatic carbocycles. The Morgan fingerprint density at radius 3 is 2.56 bits per heavy atom. The number of nitrogens with two attached hydrogens (primary N) is 1. The van der Waals surface area contributed by atoms with Crippen LogP contribution in [-0.4, -0.2) is 24.0 Å². The quantitative estimate of drug-likeness (QED) is 0.830. The third-order valence-electron chi connectivity index (χ3n) is 2.91. The zero-order valence-electron chi connectivity index (χ0n) is 11.3. The van der Waals surface area contributed by atoms with E-state index in [0.29, 0.717) is 6.42 Å². The second-order valence-corrected chi connectivity index (χ2v) is 5.51. The normalized spacial score (nSPS) is 14.0. The molecule has 0 saturated heterocycles. The minimum Gasteiger partial charge on any atom is -0.348 e. The molecule has 4 heteroatoms. The second kappa shape index (κ2) is 7.44. The molecular weight excluding hydrogens is 244 g/mol. The molecule has 1 aromatic rings. The summed E-state index contributed by atoms with van der Waals surface area (Å²) in [6, 6.07) is 7.75. The summed E-state index contributed by atoms with van der Waals surface area (Å²) in [5, 5.41) is 2.95. The van der Waals surface area contributed by atoms with Crippen molar-refractivity contribution >= 4 is 17.7 Å². The molecule has 1 aromatic carbocycles. The maximum absolute atomic E-state index is 11.9. The molecule has 0 bridgehead atoms. The van der Waals surface area contributed by atoms with Crippen LogP contribution in [-0.2, 0) is 4.79 Å². The maximum Gasteiger partial charge on any atom is 0.237 e. The first kappa shape index (κ1) is 15.1. The average molecular weight is 266 g/mol. The smallest absolute Gasteiger partial charge is 0.237 e. The molecule has 3 N–H and O–H groups in total. The van der Waals surface area contributed by atoms with E-state index in [1.807, 2.05) is 44.4 Å². The fraction of sp³-hybridized carbons (Fsp3) is 0.500. The highest BCUT2D eigenvalue weighted by atomic mass is 32.2. The van der Waals surface area contributed by atoms with Crippen LogP contribution in [0.15, 0.2) is 24.3 Å². The van der Waals surface area contributed by atoms with Gasteiger partial charge < -0.3 is 11.1 Å². The predicted molar refractivity (Wildman–Crippen MR) is 78.7 cm³/mol. The van der Waals surface area contributed by atoms with E-state index in [2.05, 4.69) is 5.32 Å². The Morgan fingerprint density at radius 2 is 2.00 bits per heavy atom. The third kappa shape index (κ3) is 4.70. The summed E-state index contributed by atoms with van der Waals surface area (Å²) < 4.78 is 0. The second-order valence-electron chi connectivity index (χ2n) is 4.53. The maximum atomic E-state index is 11.9. The molecule has 3 nitrogen and oxygen atoms in total. The molecule has 1 rings (SSSR count).